The van der Waals surface area contributed by atoms with Crippen molar-refractivity contribution in [2.45, 2.75) is 25.7 Å². The van der Waals surface area contributed by atoms with E-state index in [4.69, 9.17) is 19.9 Å². The zero-order chi connectivity index (χ0) is 16.3. The summed E-state index contributed by atoms with van der Waals surface area (Å²) < 4.78 is 15.8. The Hall–Kier alpha value is -1.11. The van der Waals surface area contributed by atoms with E-state index in [0.717, 1.165) is 24.7 Å². The minimum Gasteiger partial charge on any atom is -0.449 e. The quantitative estimate of drug-likeness (QED) is 0.471. The van der Waals surface area contributed by atoms with Crippen molar-refractivity contribution in [2.24, 2.45) is 23.5 Å². The van der Waals surface area contributed by atoms with Crippen molar-refractivity contribution in [1.29, 1.82) is 0 Å². The lowest BCUT2D eigenvalue weighted by molar-refractivity contribution is 0.0511. The molecule has 0 aromatic carbocycles. The summed E-state index contributed by atoms with van der Waals surface area (Å²) in [6.45, 7) is 3.57. The molecule has 2 aliphatic carbocycles. The fraction of sp³-hybridized carbons (Fsp3) is 0.824. The van der Waals surface area contributed by atoms with Gasteiger partial charge in [0.15, 0.2) is 0 Å². The van der Waals surface area contributed by atoms with Crippen LogP contribution in [0.15, 0.2) is 12.2 Å². The van der Waals surface area contributed by atoms with Crippen LogP contribution in [0.25, 0.3) is 0 Å². The molecule has 6 heteroatoms. The van der Waals surface area contributed by atoms with E-state index in [0.29, 0.717) is 52.0 Å². The summed E-state index contributed by atoms with van der Waals surface area (Å²) in [6.07, 6.45) is 9.01. The molecule has 3 atom stereocenters. The van der Waals surface area contributed by atoms with Crippen molar-refractivity contribution < 1.29 is 19.0 Å². The fourth-order valence-electron chi connectivity index (χ4n) is 3.29. The highest BCUT2D eigenvalue weighted by atomic mass is 16.6. The Morgan fingerprint density at radius 2 is 1.70 bits per heavy atom. The molecule has 2 aliphatic rings. The third kappa shape index (κ3) is 6.89. The lowest BCUT2D eigenvalue weighted by Crippen LogP contribution is -2.29. The smallest absolute Gasteiger partial charge is 0.407 e. The number of alkyl carbamates (subject to hydrolysis) is 1. The van der Waals surface area contributed by atoms with Gasteiger partial charge in [0.25, 0.3) is 0 Å². The first-order chi connectivity index (χ1) is 11.3. The molecule has 1 saturated carbocycles. The first-order valence-electron chi connectivity index (χ1n) is 8.74. The normalized spacial score (nSPS) is 27.4. The van der Waals surface area contributed by atoms with Crippen LogP contribution in [0.1, 0.15) is 25.7 Å². The van der Waals surface area contributed by atoms with Gasteiger partial charge in [0, 0.05) is 13.1 Å². The van der Waals surface area contributed by atoms with Crippen molar-refractivity contribution in [3.05, 3.63) is 12.2 Å². The molecule has 0 aromatic rings. The molecule has 23 heavy (non-hydrogen) atoms. The molecule has 132 valence electrons. The van der Waals surface area contributed by atoms with Gasteiger partial charge in [0.2, 0.25) is 0 Å². The van der Waals surface area contributed by atoms with Gasteiger partial charge in [-0.2, -0.15) is 0 Å². The Morgan fingerprint density at radius 3 is 2.35 bits per heavy atom. The van der Waals surface area contributed by atoms with E-state index in [1.165, 1.54) is 12.8 Å². The molecule has 0 aromatic heterocycles. The van der Waals surface area contributed by atoms with Crippen LogP contribution >= 0.6 is 0 Å². The molecule has 2 rings (SSSR count). The summed E-state index contributed by atoms with van der Waals surface area (Å²) in [7, 11) is 0. The molecule has 0 radical (unpaired) electrons. The maximum Gasteiger partial charge on any atom is 0.407 e. The number of ether oxygens (including phenoxy) is 3. The Balaban J connectivity index is 1.43. The molecule has 0 saturated heterocycles. The summed E-state index contributed by atoms with van der Waals surface area (Å²) in [5.74, 6) is 2.07. The Bertz CT molecular complexity index is 360. The Labute approximate surface area is 138 Å². The molecule has 0 heterocycles. The van der Waals surface area contributed by atoms with E-state index in [1.54, 1.807) is 0 Å². The number of hydrogen-bond acceptors (Lipinski definition) is 5. The van der Waals surface area contributed by atoms with E-state index < -0.39 is 0 Å². The third-order valence-corrected chi connectivity index (χ3v) is 4.57. The van der Waals surface area contributed by atoms with Gasteiger partial charge in [-0.25, -0.2) is 4.79 Å². The van der Waals surface area contributed by atoms with Gasteiger partial charge < -0.3 is 25.3 Å². The van der Waals surface area contributed by atoms with Gasteiger partial charge in [-0.15, -0.1) is 0 Å². The number of carbonyl (C=O) groups excluding carboxylic acids is 1. The van der Waals surface area contributed by atoms with Gasteiger partial charge in [-0.05, 0) is 43.4 Å². The number of nitrogens with one attached hydrogen (secondary N) is 1. The van der Waals surface area contributed by atoms with Gasteiger partial charge in [-0.1, -0.05) is 12.2 Å². The standard InChI is InChI=1S/C17H30N2O4/c18-7-9-21-11-12-22-10-8-19-17(20)23-13-16-14-5-3-1-2-4-6-15(14)16/h1-2,14-16H,3-13,18H2,(H,19,20)/b2-1-/t14-,15+,16-. The van der Waals surface area contributed by atoms with Crippen LogP contribution in [-0.4, -0.2) is 52.2 Å². The van der Waals surface area contributed by atoms with Gasteiger partial charge in [-0.3, -0.25) is 0 Å². The molecule has 0 spiro atoms. The minimum atomic E-state index is -0.342. The van der Waals surface area contributed by atoms with Crippen LogP contribution in [0, 0.1) is 17.8 Å². The number of amides is 1. The Kier molecular flexibility index (Phi) is 8.42. The maximum atomic E-state index is 11.7. The highest BCUT2D eigenvalue weighted by Gasteiger charge is 2.49. The summed E-state index contributed by atoms with van der Waals surface area (Å²) in [6, 6.07) is 0. The number of rotatable bonds is 10. The van der Waals surface area contributed by atoms with Crippen LogP contribution in [-0.2, 0) is 14.2 Å². The molecular formula is C17H30N2O4. The van der Waals surface area contributed by atoms with Crippen molar-refractivity contribution in [3.63, 3.8) is 0 Å². The lowest BCUT2D eigenvalue weighted by Gasteiger charge is -2.08. The second-order valence-corrected chi connectivity index (χ2v) is 6.16. The second-order valence-electron chi connectivity index (χ2n) is 6.16. The van der Waals surface area contributed by atoms with Crippen LogP contribution in [0.3, 0.4) is 0 Å². The van der Waals surface area contributed by atoms with E-state index in [9.17, 15) is 4.79 Å². The maximum absolute atomic E-state index is 11.7. The topological polar surface area (TPSA) is 82.8 Å². The highest BCUT2D eigenvalue weighted by Crippen LogP contribution is 2.52. The van der Waals surface area contributed by atoms with Crippen LogP contribution in [0.4, 0.5) is 4.79 Å². The number of nitrogens with two attached hydrogens (primary N) is 1. The molecule has 0 aliphatic heterocycles. The zero-order valence-electron chi connectivity index (χ0n) is 13.9. The van der Waals surface area contributed by atoms with Crippen molar-refractivity contribution >= 4 is 6.09 Å². The van der Waals surface area contributed by atoms with Crippen LogP contribution in [0.2, 0.25) is 0 Å². The largest absolute Gasteiger partial charge is 0.449 e. The van der Waals surface area contributed by atoms with Gasteiger partial charge in [0.05, 0.1) is 33.0 Å². The van der Waals surface area contributed by atoms with E-state index >= 15 is 0 Å². The highest BCUT2D eigenvalue weighted by molar-refractivity contribution is 5.67. The van der Waals surface area contributed by atoms with Crippen LogP contribution in [0.5, 0.6) is 0 Å². The number of fused-ring (bicyclic) bond motifs is 1. The predicted octanol–water partition coefficient (Wildman–Crippen LogP) is 1.70. The van der Waals surface area contributed by atoms with Crippen molar-refractivity contribution in [1.82, 2.24) is 5.32 Å². The number of carbonyl (C=O) groups is 1. The predicted molar refractivity (Wildman–Crippen MR) is 88.1 cm³/mol. The molecule has 0 unspecified atom stereocenters. The minimum absolute atomic E-state index is 0.342. The number of hydrogen-bond donors (Lipinski definition) is 2. The fourth-order valence-corrected chi connectivity index (χ4v) is 3.29. The lowest BCUT2D eigenvalue weighted by atomic mass is 10.1. The summed E-state index contributed by atoms with van der Waals surface area (Å²) in [4.78, 5) is 11.7. The third-order valence-electron chi connectivity index (χ3n) is 4.57. The molecule has 1 fully saturated rings. The average molecular weight is 326 g/mol. The van der Waals surface area contributed by atoms with E-state index in [1.807, 2.05) is 0 Å². The Morgan fingerprint density at radius 1 is 1.04 bits per heavy atom. The molecule has 0 bridgehead atoms. The first kappa shape index (κ1) is 18.2. The molecule has 6 nitrogen and oxygen atoms in total. The van der Waals surface area contributed by atoms with Crippen molar-refractivity contribution in [2.75, 3.05) is 46.1 Å². The van der Waals surface area contributed by atoms with E-state index in [-0.39, 0.29) is 6.09 Å². The SMILES string of the molecule is NCCOCCOCCNC(=O)OC[C@@H]1[C@@H]2CC/C=C\CC[C@@H]21. The first-order valence-corrected chi connectivity index (χ1v) is 8.74. The molecule has 3 N–H and O–H groups in total. The van der Waals surface area contributed by atoms with Gasteiger partial charge >= 0.3 is 6.09 Å². The van der Waals surface area contributed by atoms with Gasteiger partial charge in [0.1, 0.15) is 0 Å². The summed E-state index contributed by atoms with van der Waals surface area (Å²) in [5, 5.41) is 2.71. The summed E-state index contributed by atoms with van der Waals surface area (Å²) >= 11 is 0. The van der Waals surface area contributed by atoms with Crippen molar-refractivity contribution in [3.8, 4) is 0 Å². The van der Waals surface area contributed by atoms with E-state index in [2.05, 4.69) is 17.5 Å². The molecular weight excluding hydrogens is 296 g/mol. The average Bonchev–Trinajstić information content (AvgIpc) is 3.17. The summed E-state index contributed by atoms with van der Waals surface area (Å²) in [5.41, 5.74) is 5.30. The monoisotopic (exact) mass is 326 g/mol. The molecule has 1 amide bonds. The number of allylic oxidation sites excluding steroid dienone is 2. The van der Waals surface area contributed by atoms with Crippen LogP contribution < -0.4 is 11.1 Å². The zero-order valence-corrected chi connectivity index (χ0v) is 13.9. The second kappa shape index (κ2) is 10.6.